The van der Waals surface area contributed by atoms with Crippen molar-refractivity contribution in [3.8, 4) is 11.3 Å². The van der Waals surface area contributed by atoms with Gasteiger partial charge in [-0.15, -0.1) is 0 Å². The highest BCUT2D eigenvalue weighted by atomic mass is 16.1. The maximum atomic E-state index is 12.2. The summed E-state index contributed by atoms with van der Waals surface area (Å²) in [5, 5.41) is 0. The molecule has 132 valence electrons. The smallest absolute Gasteiger partial charge is 0.133 e. The molecule has 0 fully saturated rings. The third-order valence-corrected chi connectivity index (χ3v) is 5.11. The fraction of sp³-hybridized carbons (Fsp3) is 0.304. The normalized spacial score (nSPS) is 12.9. The van der Waals surface area contributed by atoms with Crippen molar-refractivity contribution in [2.75, 3.05) is 0 Å². The Labute approximate surface area is 154 Å². The molecule has 0 amide bonds. The lowest BCUT2D eigenvalue weighted by Crippen LogP contribution is -2.02. The van der Waals surface area contributed by atoms with Crippen molar-refractivity contribution in [2.45, 2.75) is 45.1 Å². The lowest BCUT2D eigenvalue weighted by molar-refractivity contribution is -0.119. The first-order valence-electron chi connectivity index (χ1n) is 9.49. The van der Waals surface area contributed by atoms with Crippen LogP contribution >= 0.6 is 0 Å². The van der Waals surface area contributed by atoms with Crippen LogP contribution in [0, 0.1) is 0 Å². The second-order valence-electron chi connectivity index (χ2n) is 7.06. The van der Waals surface area contributed by atoms with Gasteiger partial charge in [0, 0.05) is 37.6 Å². The summed E-state index contributed by atoms with van der Waals surface area (Å²) in [5.41, 5.74) is 4.65. The van der Waals surface area contributed by atoms with Crippen molar-refractivity contribution < 1.29 is 4.79 Å². The third kappa shape index (κ3) is 3.93. The molecule has 0 aliphatic carbocycles. The Balaban J connectivity index is 1.34. The molecule has 1 aliphatic heterocycles. The van der Waals surface area contributed by atoms with Crippen molar-refractivity contribution >= 4 is 5.78 Å². The molecule has 2 heterocycles. The van der Waals surface area contributed by atoms with Crippen molar-refractivity contribution in [2.24, 2.45) is 0 Å². The largest absolute Gasteiger partial charge is 0.334 e. The van der Waals surface area contributed by atoms with Gasteiger partial charge in [0.15, 0.2) is 0 Å². The van der Waals surface area contributed by atoms with Crippen LogP contribution in [0.2, 0.25) is 0 Å². The van der Waals surface area contributed by atoms with Gasteiger partial charge in [-0.25, -0.2) is 4.98 Å². The van der Waals surface area contributed by atoms with Crippen LogP contribution in [0.4, 0.5) is 0 Å². The summed E-state index contributed by atoms with van der Waals surface area (Å²) < 4.78 is 2.26. The van der Waals surface area contributed by atoms with Gasteiger partial charge in [-0.2, -0.15) is 0 Å². The number of carbonyl (C=O) groups is 1. The lowest BCUT2D eigenvalue weighted by atomic mass is 10.0. The molecule has 1 aromatic heterocycles. The second kappa shape index (κ2) is 7.69. The standard InChI is InChI=1S/C23H24N2O/c26-21(13-11-18-6-2-1-3-7-18)14-12-19-8-4-9-20(16-19)22-17-25-15-5-10-23(25)24-22/h1-4,6-9,16-17H,5,10-15H2. The highest BCUT2D eigenvalue weighted by Crippen LogP contribution is 2.24. The summed E-state index contributed by atoms with van der Waals surface area (Å²) in [6.07, 6.45) is 7.30. The van der Waals surface area contributed by atoms with Gasteiger partial charge in [0.1, 0.15) is 11.6 Å². The van der Waals surface area contributed by atoms with E-state index in [1.165, 1.54) is 23.4 Å². The minimum Gasteiger partial charge on any atom is -0.334 e. The van der Waals surface area contributed by atoms with E-state index in [4.69, 9.17) is 4.98 Å². The maximum Gasteiger partial charge on any atom is 0.133 e. The zero-order valence-corrected chi connectivity index (χ0v) is 15.0. The summed E-state index contributed by atoms with van der Waals surface area (Å²) in [5.74, 6) is 1.53. The van der Waals surface area contributed by atoms with Gasteiger partial charge >= 0.3 is 0 Å². The number of Topliss-reactive ketones (excluding diaryl/α,β-unsaturated/α-hetero) is 1. The molecule has 0 atom stereocenters. The molecular formula is C23H24N2O. The van der Waals surface area contributed by atoms with Crippen molar-refractivity contribution in [1.29, 1.82) is 0 Å². The van der Waals surface area contributed by atoms with Crippen LogP contribution in [0.3, 0.4) is 0 Å². The van der Waals surface area contributed by atoms with E-state index in [0.29, 0.717) is 18.6 Å². The molecule has 0 saturated heterocycles. The first-order valence-corrected chi connectivity index (χ1v) is 9.49. The molecular weight excluding hydrogens is 320 g/mol. The zero-order chi connectivity index (χ0) is 17.8. The number of aryl methyl sites for hydroxylation is 4. The quantitative estimate of drug-likeness (QED) is 0.626. The first-order chi connectivity index (χ1) is 12.8. The Kier molecular flexibility index (Phi) is 4.96. The van der Waals surface area contributed by atoms with Gasteiger partial charge < -0.3 is 4.57 Å². The summed E-state index contributed by atoms with van der Waals surface area (Å²) >= 11 is 0. The van der Waals surface area contributed by atoms with E-state index in [2.05, 4.69) is 47.2 Å². The second-order valence-corrected chi connectivity index (χ2v) is 7.06. The van der Waals surface area contributed by atoms with Crippen LogP contribution in [-0.4, -0.2) is 15.3 Å². The van der Waals surface area contributed by atoms with Crippen LogP contribution < -0.4 is 0 Å². The molecule has 26 heavy (non-hydrogen) atoms. The van der Waals surface area contributed by atoms with Crippen LogP contribution in [0.25, 0.3) is 11.3 Å². The first kappa shape index (κ1) is 16.8. The maximum absolute atomic E-state index is 12.2. The average molecular weight is 344 g/mol. The van der Waals surface area contributed by atoms with E-state index in [1.54, 1.807) is 0 Å². The summed E-state index contributed by atoms with van der Waals surface area (Å²) in [6.45, 7) is 1.08. The molecule has 0 spiro atoms. The third-order valence-electron chi connectivity index (χ3n) is 5.11. The predicted octanol–water partition coefficient (Wildman–Crippen LogP) is 4.63. The van der Waals surface area contributed by atoms with Gasteiger partial charge in [0.05, 0.1) is 5.69 Å². The number of benzene rings is 2. The van der Waals surface area contributed by atoms with E-state index < -0.39 is 0 Å². The molecule has 3 aromatic rings. The summed E-state index contributed by atoms with van der Waals surface area (Å²) in [6, 6.07) is 18.7. The van der Waals surface area contributed by atoms with E-state index in [9.17, 15) is 4.79 Å². The number of carbonyl (C=O) groups excluding carboxylic acids is 1. The number of imidazole rings is 1. The summed E-state index contributed by atoms with van der Waals surface area (Å²) in [4.78, 5) is 17.0. The van der Waals surface area contributed by atoms with Crippen LogP contribution in [0.1, 0.15) is 36.2 Å². The molecule has 3 nitrogen and oxygen atoms in total. The number of hydrogen-bond acceptors (Lipinski definition) is 2. The SMILES string of the molecule is O=C(CCc1ccccc1)CCc1cccc(-c2cn3c(n2)CCC3)c1. The number of aromatic nitrogens is 2. The molecule has 0 N–H and O–H groups in total. The van der Waals surface area contributed by atoms with Crippen molar-refractivity contribution in [3.05, 3.63) is 77.7 Å². The summed E-state index contributed by atoms with van der Waals surface area (Å²) in [7, 11) is 0. The number of ketones is 1. The average Bonchev–Trinajstić information content (AvgIpc) is 3.28. The fourth-order valence-electron chi connectivity index (χ4n) is 3.62. The fourth-order valence-corrected chi connectivity index (χ4v) is 3.62. The Morgan fingerprint density at radius 2 is 1.73 bits per heavy atom. The van der Waals surface area contributed by atoms with Crippen molar-refractivity contribution in [1.82, 2.24) is 9.55 Å². The van der Waals surface area contributed by atoms with Gasteiger partial charge in [-0.05, 0) is 36.5 Å². The molecule has 1 aliphatic rings. The Bertz CT molecular complexity index is 874. The highest BCUT2D eigenvalue weighted by molar-refractivity contribution is 5.79. The van der Waals surface area contributed by atoms with Gasteiger partial charge in [-0.3, -0.25) is 4.79 Å². The molecule has 0 radical (unpaired) electrons. The van der Waals surface area contributed by atoms with Gasteiger partial charge in [0.25, 0.3) is 0 Å². The molecule has 3 heteroatoms. The highest BCUT2D eigenvalue weighted by Gasteiger charge is 2.14. The predicted molar refractivity (Wildman–Crippen MR) is 104 cm³/mol. The Morgan fingerprint density at radius 3 is 2.54 bits per heavy atom. The molecule has 4 rings (SSSR count). The van der Waals surface area contributed by atoms with E-state index in [-0.39, 0.29) is 0 Å². The van der Waals surface area contributed by atoms with Crippen molar-refractivity contribution in [3.63, 3.8) is 0 Å². The molecule has 0 saturated carbocycles. The monoisotopic (exact) mass is 344 g/mol. The lowest BCUT2D eigenvalue weighted by Gasteiger charge is -2.05. The number of nitrogens with zero attached hydrogens (tertiary/aromatic N) is 2. The molecule has 2 aromatic carbocycles. The van der Waals surface area contributed by atoms with Gasteiger partial charge in [0.2, 0.25) is 0 Å². The number of hydrogen-bond donors (Lipinski definition) is 0. The topological polar surface area (TPSA) is 34.9 Å². The Hall–Kier alpha value is -2.68. The van der Waals surface area contributed by atoms with Crippen LogP contribution in [0.15, 0.2) is 60.8 Å². The van der Waals surface area contributed by atoms with Crippen LogP contribution in [-0.2, 0) is 30.6 Å². The number of fused-ring (bicyclic) bond motifs is 1. The van der Waals surface area contributed by atoms with E-state index in [0.717, 1.165) is 37.1 Å². The minimum absolute atomic E-state index is 0.334. The molecule has 0 unspecified atom stereocenters. The number of rotatable bonds is 7. The van der Waals surface area contributed by atoms with Crippen LogP contribution in [0.5, 0.6) is 0 Å². The molecule has 0 bridgehead atoms. The minimum atomic E-state index is 0.334. The van der Waals surface area contributed by atoms with E-state index in [1.807, 2.05) is 18.2 Å². The zero-order valence-electron chi connectivity index (χ0n) is 15.0. The van der Waals surface area contributed by atoms with E-state index >= 15 is 0 Å². The van der Waals surface area contributed by atoms with Gasteiger partial charge in [-0.1, -0.05) is 48.5 Å². The Morgan fingerprint density at radius 1 is 0.962 bits per heavy atom.